The van der Waals surface area contributed by atoms with Crippen molar-refractivity contribution in [3.05, 3.63) is 83.1 Å². The van der Waals surface area contributed by atoms with Crippen LogP contribution in [0.25, 0.3) is 0 Å². The van der Waals surface area contributed by atoms with E-state index in [1.54, 1.807) is 24.3 Å². The molecule has 0 bridgehead atoms. The molecule has 1 heterocycles. The van der Waals surface area contributed by atoms with Crippen molar-refractivity contribution in [1.29, 1.82) is 0 Å². The first-order chi connectivity index (χ1) is 15.4. The Morgan fingerprint density at radius 1 is 0.969 bits per heavy atom. The van der Waals surface area contributed by atoms with Crippen LogP contribution in [0.15, 0.2) is 54.7 Å². The van der Waals surface area contributed by atoms with Gasteiger partial charge in [0.1, 0.15) is 34.7 Å². The number of nitrogens with zero attached hydrogens (tertiary/aromatic N) is 1. The molecule has 0 saturated heterocycles. The Kier molecular flexibility index (Phi) is 6.25. The summed E-state index contributed by atoms with van der Waals surface area (Å²) in [6.07, 6.45) is 3.43. The summed E-state index contributed by atoms with van der Waals surface area (Å²) in [5.74, 6) is -0.144. The Bertz CT molecular complexity index is 1180. The van der Waals surface area contributed by atoms with Gasteiger partial charge in [0, 0.05) is 38.1 Å². The molecule has 3 aromatic rings. The zero-order valence-electron chi connectivity index (χ0n) is 17.5. The first-order valence-corrected chi connectivity index (χ1v) is 10.4. The summed E-state index contributed by atoms with van der Waals surface area (Å²) in [7, 11) is 0. The number of carbonyl (C=O) groups excluding carboxylic acids is 2. The van der Waals surface area contributed by atoms with Crippen LogP contribution >= 0.6 is 0 Å². The van der Waals surface area contributed by atoms with Crippen LogP contribution in [-0.2, 0) is 22.4 Å². The van der Waals surface area contributed by atoms with Crippen LogP contribution in [0.3, 0.4) is 0 Å². The number of anilines is 1. The van der Waals surface area contributed by atoms with Gasteiger partial charge in [-0.15, -0.1) is 0 Å². The van der Waals surface area contributed by atoms with Gasteiger partial charge in [-0.3, -0.25) is 9.59 Å². The molecule has 5 nitrogen and oxygen atoms in total. The number of Topliss-reactive ketones (excluding diaryl/α,β-unsaturated/α-hetero) is 1. The highest BCUT2D eigenvalue weighted by atomic mass is 19.1. The van der Waals surface area contributed by atoms with Crippen LogP contribution in [0, 0.1) is 11.6 Å². The minimum atomic E-state index is -0.584. The van der Waals surface area contributed by atoms with Gasteiger partial charge in [0.15, 0.2) is 0 Å². The van der Waals surface area contributed by atoms with Crippen molar-refractivity contribution >= 4 is 17.5 Å². The maximum Gasteiger partial charge on any atom is 0.222 e. The number of rotatable bonds is 8. The third kappa shape index (κ3) is 5.55. The van der Waals surface area contributed by atoms with E-state index in [1.807, 2.05) is 0 Å². The van der Waals surface area contributed by atoms with Crippen LogP contribution in [0.2, 0.25) is 0 Å². The van der Waals surface area contributed by atoms with E-state index in [0.29, 0.717) is 23.0 Å². The number of halogens is 2. The van der Waals surface area contributed by atoms with E-state index >= 15 is 0 Å². The molecule has 2 aromatic carbocycles. The molecule has 1 aliphatic rings. The van der Waals surface area contributed by atoms with Crippen LogP contribution in [0.5, 0.6) is 11.5 Å². The van der Waals surface area contributed by atoms with Gasteiger partial charge in [-0.25, -0.2) is 13.8 Å². The van der Waals surface area contributed by atoms with Crippen molar-refractivity contribution in [2.75, 3.05) is 5.32 Å². The van der Waals surface area contributed by atoms with Gasteiger partial charge in [0.25, 0.3) is 0 Å². The van der Waals surface area contributed by atoms with Crippen LogP contribution in [0.1, 0.15) is 42.4 Å². The minimum Gasteiger partial charge on any atom is -0.457 e. The van der Waals surface area contributed by atoms with Gasteiger partial charge in [-0.05, 0) is 53.6 Å². The smallest absolute Gasteiger partial charge is 0.222 e. The lowest BCUT2D eigenvalue weighted by Crippen LogP contribution is -2.09. The predicted molar refractivity (Wildman–Crippen MR) is 116 cm³/mol. The van der Waals surface area contributed by atoms with Crippen molar-refractivity contribution in [3.8, 4) is 11.5 Å². The molecule has 164 valence electrons. The molecule has 1 saturated carbocycles. The molecular weight excluding hydrogens is 414 g/mol. The number of hydrogen-bond donors (Lipinski definition) is 1. The summed E-state index contributed by atoms with van der Waals surface area (Å²) in [6.45, 7) is 1.36. The second-order valence-electron chi connectivity index (χ2n) is 7.93. The maximum atomic E-state index is 14.6. The molecule has 0 aliphatic heterocycles. The van der Waals surface area contributed by atoms with Crippen LogP contribution < -0.4 is 10.1 Å². The summed E-state index contributed by atoms with van der Waals surface area (Å²) in [4.78, 5) is 27.6. The number of ketones is 1. The SMILES string of the molecule is CC(=O)Nc1cc(Oc2ccc(CC(=O)Cc3cc(C4CC4)ccc3F)c(F)c2)ccn1. The standard InChI is InChI=1S/C25H22F2N2O3/c1-15(30)29-25-14-22(8-9-28-25)32-21-6-4-18(24(27)13-21)11-20(31)12-19-10-17(16-2-3-16)5-7-23(19)26/h4-10,13-14,16H,2-3,11-12H2,1H3,(H,28,29,30). The first-order valence-electron chi connectivity index (χ1n) is 10.4. The molecule has 4 rings (SSSR count). The molecule has 7 heteroatoms. The van der Waals surface area contributed by atoms with Crippen LogP contribution in [-0.4, -0.2) is 16.7 Å². The molecule has 1 aromatic heterocycles. The predicted octanol–water partition coefficient (Wildman–Crippen LogP) is 5.34. The number of nitrogens with one attached hydrogen (secondary N) is 1. The van der Waals surface area contributed by atoms with E-state index in [4.69, 9.17) is 4.74 Å². The van der Waals surface area contributed by atoms with Crippen molar-refractivity contribution in [3.63, 3.8) is 0 Å². The van der Waals surface area contributed by atoms with Crippen molar-refractivity contribution in [2.45, 2.75) is 38.5 Å². The first kappa shape index (κ1) is 21.6. The lowest BCUT2D eigenvalue weighted by atomic mass is 9.99. The van der Waals surface area contributed by atoms with Crippen LogP contribution in [0.4, 0.5) is 14.6 Å². The second kappa shape index (κ2) is 9.26. The Morgan fingerprint density at radius 3 is 2.44 bits per heavy atom. The van der Waals surface area contributed by atoms with E-state index in [0.717, 1.165) is 18.4 Å². The zero-order chi connectivity index (χ0) is 22.7. The summed E-state index contributed by atoms with van der Waals surface area (Å²) in [5.41, 5.74) is 1.63. The number of amides is 1. The number of carbonyl (C=O) groups is 2. The van der Waals surface area contributed by atoms with E-state index < -0.39 is 11.6 Å². The lowest BCUT2D eigenvalue weighted by Gasteiger charge is -2.10. The molecule has 0 atom stereocenters. The fourth-order valence-electron chi connectivity index (χ4n) is 3.48. The van der Waals surface area contributed by atoms with Gasteiger partial charge in [-0.2, -0.15) is 0 Å². The zero-order valence-corrected chi connectivity index (χ0v) is 17.5. The van der Waals surface area contributed by atoms with E-state index in [-0.39, 0.29) is 35.8 Å². The fourth-order valence-corrected chi connectivity index (χ4v) is 3.48. The molecule has 1 fully saturated rings. The summed E-state index contributed by atoms with van der Waals surface area (Å²) in [5, 5.41) is 2.54. The summed E-state index contributed by atoms with van der Waals surface area (Å²) < 4.78 is 34.3. The van der Waals surface area contributed by atoms with Gasteiger partial charge >= 0.3 is 0 Å². The normalized spacial score (nSPS) is 13.0. The average molecular weight is 436 g/mol. The second-order valence-corrected chi connectivity index (χ2v) is 7.93. The van der Waals surface area contributed by atoms with Crippen molar-refractivity contribution in [1.82, 2.24) is 4.98 Å². The number of ether oxygens (including phenoxy) is 1. The summed E-state index contributed by atoms with van der Waals surface area (Å²) >= 11 is 0. The molecule has 32 heavy (non-hydrogen) atoms. The Labute approximate surface area is 184 Å². The van der Waals surface area contributed by atoms with E-state index in [2.05, 4.69) is 10.3 Å². The number of aromatic nitrogens is 1. The quantitative estimate of drug-likeness (QED) is 0.517. The highest BCUT2D eigenvalue weighted by Crippen LogP contribution is 2.40. The molecule has 0 spiro atoms. The molecule has 1 amide bonds. The Morgan fingerprint density at radius 2 is 1.72 bits per heavy atom. The third-order valence-electron chi connectivity index (χ3n) is 5.19. The third-order valence-corrected chi connectivity index (χ3v) is 5.19. The highest BCUT2D eigenvalue weighted by molar-refractivity contribution is 5.87. The molecular formula is C25H22F2N2O3. The number of benzene rings is 2. The number of pyridine rings is 1. The van der Waals surface area contributed by atoms with Gasteiger partial charge in [0.2, 0.25) is 5.91 Å². The topological polar surface area (TPSA) is 68.3 Å². The van der Waals surface area contributed by atoms with Gasteiger partial charge < -0.3 is 10.1 Å². The average Bonchev–Trinajstić information content (AvgIpc) is 3.57. The maximum absolute atomic E-state index is 14.6. The summed E-state index contributed by atoms with van der Waals surface area (Å²) in [6, 6.07) is 12.2. The van der Waals surface area contributed by atoms with E-state index in [9.17, 15) is 18.4 Å². The lowest BCUT2D eigenvalue weighted by molar-refractivity contribution is -0.118. The largest absolute Gasteiger partial charge is 0.457 e. The minimum absolute atomic E-state index is 0.0764. The van der Waals surface area contributed by atoms with Gasteiger partial charge in [-0.1, -0.05) is 18.2 Å². The fraction of sp³-hybridized carbons (Fsp3) is 0.240. The Balaban J connectivity index is 1.41. The van der Waals surface area contributed by atoms with Crippen molar-refractivity contribution in [2.24, 2.45) is 0 Å². The number of hydrogen-bond acceptors (Lipinski definition) is 4. The highest BCUT2D eigenvalue weighted by Gasteiger charge is 2.24. The molecule has 1 N–H and O–H groups in total. The Hall–Kier alpha value is -3.61. The molecule has 0 unspecified atom stereocenters. The molecule has 1 aliphatic carbocycles. The molecule has 0 radical (unpaired) electrons. The van der Waals surface area contributed by atoms with Gasteiger partial charge in [0.05, 0.1) is 0 Å². The van der Waals surface area contributed by atoms with E-state index in [1.165, 1.54) is 37.4 Å². The monoisotopic (exact) mass is 436 g/mol. The van der Waals surface area contributed by atoms with Crippen molar-refractivity contribution < 1.29 is 23.1 Å².